The minimum Gasteiger partial charge on any atom is -0.379 e. The topological polar surface area (TPSA) is 15.7 Å². The van der Waals surface area contributed by atoms with Gasteiger partial charge in [-0.2, -0.15) is 0 Å². The quantitative estimate of drug-likeness (QED) is 0.647. The average molecular weight is 253 g/mol. The molecule has 3 nitrogen and oxygen atoms in total. The molecule has 2 heterocycles. The largest absolute Gasteiger partial charge is 0.379 e. The van der Waals surface area contributed by atoms with Gasteiger partial charge in [0.2, 0.25) is 0 Å². The molecule has 2 fully saturated rings. The molecule has 0 aliphatic carbocycles. The Morgan fingerprint density at radius 1 is 0.778 bits per heavy atom. The van der Waals surface area contributed by atoms with Crippen LogP contribution < -0.4 is 0 Å². The third-order valence-corrected chi connectivity index (χ3v) is 4.08. The van der Waals surface area contributed by atoms with E-state index in [1.807, 2.05) is 0 Å². The van der Waals surface area contributed by atoms with E-state index in [-0.39, 0.29) is 0 Å². The Morgan fingerprint density at radius 3 is 2.28 bits per heavy atom. The summed E-state index contributed by atoms with van der Waals surface area (Å²) in [5, 5.41) is 0. The van der Waals surface area contributed by atoms with E-state index in [2.05, 4.69) is 16.2 Å². The zero-order chi connectivity index (χ0) is 12.5. The number of hydrogen-bond acceptors (Lipinski definition) is 3. The zero-order valence-corrected chi connectivity index (χ0v) is 11.8. The van der Waals surface area contributed by atoms with E-state index in [9.17, 15) is 0 Å². The molecule has 0 unspecified atom stereocenters. The zero-order valence-electron chi connectivity index (χ0n) is 11.8. The first-order valence-electron chi connectivity index (χ1n) is 7.79. The lowest BCUT2D eigenvalue weighted by atomic mass is 10.1. The smallest absolute Gasteiger partial charge is 0.0594 e. The van der Waals surface area contributed by atoms with E-state index in [1.165, 1.54) is 64.7 Å². The van der Waals surface area contributed by atoms with E-state index in [1.54, 1.807) is 0 Å². The van der Waals surface area contributed by atoms with E-state index < -0.39 is 0 Å². The van der Waals surface area contributed by atoms with Gasteiger partial charge in [0.15, 0.2) is 0 Å². The van der Waals surface area contributed by atoms with Crippen LogP contribution in [0.2, 0.25) is 0 Å². The van der Waals surface area contributed by atoms with Crippen molar-refractivity contribution in [1.29, 1.82) is 0 Å². The molecule has 0 atom stereocenters. The predicted molar refractivity (Wildman–Crippen MR) is 75.7 cm³/mol. The van der Waals surface area contributed by atoms with Gasteiger partial charge in [0.05, 0.1) is 13.2 Å². The summed E-state index contributed by atoms with van der Waals surface area (Å²) in [7, 11) is 0. The maximum absolute atomic E-state index is 5.36. The van der Waals surface area contributed by atoms with Crippen LogP contribution in [0.5, 0.6) is 0 Å². The van der Waals surface area contributed by atoms with Gasteiger partial charge >= 0.3 is 0 Å². The number of likely N-dealkylation sites (tertiary alicyclic amines) is 1. The molecule has 0 aromatic carbocycles. The van der Waals surface area contributed by atoms with E-state index in [4.69, 9.17) is 4.74 Å². The molecule has 18 heavy (non-hydrogen) atoms. The number of hydrogen-bond donors (Lipinski definition) is 0. The molecule has 3 heteroatoms. The predicted octanol–water partition coefficient (Wildman–Crippen LogP) is 2.18. The fourth-order valence-corrected chi connectivity index (χ4v) is 2.89. The van der Waals surface area contributed by atoms with Gasteiger partial charge in [0.1, 0.15) is 0 Å². The summed E-state index contributed by atoms with van der Waals surface area (Å²) in [4.78, 5) is 5.16. The summed E-state index contributed by atoms with van der Waals surface area (Å²) in [5.74, 6) is 0. The van der Waals surface area contributed by atoms with Crippen molar-refractivity contribution in [3.8, 4) is 0 Å². The van der Waals surface area contributed by atoms with E-state index in [0.717, 1.165) is 26.3 Å². The normalized spacial score (nSPS) is 23.3. The highest BCUT2D eigenvalue weighted by molar-refractivity contribution is 4.72. The standard InChI is InChI=1S/C15H29N2O/c1(4-8-16-9-6-3-7-10-16)2-5-11-17-12-14-18-15-13-17/h1H,2-15H2. The Morgan fingerprint density at radius 2 is 1.50 bits per heavy atom. The summed E-state index contributed by atoms with van der Waals surface area (Å²) in [5.41, 5.74) is 0. The highest BCUT2D eigenvalue weighted by atomic mass is 16.5. The Balaban J connectivity index is 1.39. The summed E-state index contributed by atoms with van der Waals surface area (Å²) < 4.78 is 5.36. The highest BCUT2D eigenvalue weighted by Gasteiger charge is 2.10. The fourth-order valence-electron chi connectivity index (χ4n) is 2.89. The fraction of sp³-hybridized carbons (Fsp3) is 0.933. The molecule has 2 aliphatic heterocycles. The van der Waals surface area contributed by atoms with Crippen molar-refractivity contribution in [2.75, 3.05) is 52.5 Å². The lowest BCUT2D eigenvalue weighted by Crippen LogP contribution is -2.36. The minimum absolute atomic E-state index is 0.929. The maximum Gasteiger partial charge on any atom is 0.0594 e. The van der Waals surface area contributed by atoms with Crippen molar-refractivity contribution in [3.05, 3.63) is 6.42 Å². The molecule has 105 valence electrons. The van der Waals surface area contributed by atoms with Crippen molar-refractivity contribution in [2.45, 2.75) is 38.5 Å². The van der Waals surface area contributed by atoms with E-state index >= 15 is 0 Å². The molecular weight excluding hydrogens is 224 g/mol. The van der Waals surface area contributed by atoms with Gasteiger partial charge in [0, 0.05) is 13.1 Å². The van der Waals surface area contributed by atoms with Gasteiger partial charge in [-0.15, -0.1) is 0 Å². The number of unbranched alkanes of at least 4 members (excludes halogenated alkanes) is 3. The lowest BCUT2D eigenvalue weighted by molar-refractivity contribution is 0.0374. The monoisotopic (exact) mass is 253 g/mol. The summed E-state index contributed by atoms with van der Waals surface area (Å²) in [6.45, 7) is 9.34. The van der Waals surface area contributed by atoms with Crippen molar-refractivity contribution in [1.82, 2.24) is 9.80 Å². The average Bonchev–Trinajstić information content (AvgIpc) is 2.45. The molecule has 2 aliphatic rings. The first kappa shape index (κ1) is 14.3. The Bertz CT molecular complexity index is 177. The van der Waals surface area contributed by atoms with Gasteiger partial charge in [-0.1, -0.05) is 6.42 Å². The number of ether oxygens (including phenoxy) is 1. The molecule has 2 saturated heterocycles. The second kappa shape index (κ2) is 8.89. The Labute approximate surface area is 112 Å². The number of rotatable bonds is 7. The van der Waals surface area contributed by atoms with Gasteiger partial charge in [-0.25, -0.2) is 0 Å². The van der Waals surface area contributed by atoms with Gasteiger partial charge in [-0.3, -0.25) is 4.90 Å². The maximum atomic E-state index is 5.36. The Hall–Kier alpha value is -0.120. The van der Waals surface area contributed by atoms with Gasteiger partial charge in [0.25, 0.3) is 0 Å². The minimum atomic E-state index is 0.929. The van der Waals surface area contributed by atoms with Gasteiger partial charge < -0.3 is 9.64 Å². The van der Waals surface area contributed by atoms with Gasteiger partial charge in [-0.05, 0) is 64.7 Å². The molecule has 0 amide bonds. The van der Waals surface area contributed by atoms with Crippen LogP contribution in [0.4, 0.5) is 0 Å². The Kier molecular flexibility index (Phi) is 7.06. The molecule has 0 aromatic heterocycles. The molecule has 1 radical (unpaired) electrons. The molecule has 0 aromatic rings. The van der Waals surface area contributed by atoms with Crippen molar-refractivity contribution in [3.63, 3.8) is 0 Å². The molecule has 0 spiro atoms. The molecule has 2 rings (SSSR count). The third kappa shape index (κ3) is 5.68. The van der Waals surface area contributed by atoms with Crippen LogP contribution in [0, 0.1) is 6.42 Å². The third-order valence-electron chi connectivity index (χ3n) is 4.08. The number of morpholine rings is 1. The molecule has 0 saturated carbocycles. The number of nitrogens with zero attached hydrogens (tertiary/aromatic N) is 2. The van der Waals surface area contributed by atoms with Crippen LogP contribution in [-0.2, 0) is 4.74 Å². The summed E-state index contributed by atoms with van der Waals surface area (Å²) in [6.07, 6.45) is 10.6. The first-order chi connectivity index (χ1) is 8.95. The molecule has 0 N–H and O–H groups in total. The SMILES string of the molecule is [CH](CCCN1CCOCC1)CCN1CCCCC1. The van der Waals surface area contributed by atoms with Crippen molar-refractivity contribution < 1.29 is 4.74 Å². The molecule has 0 bridgehead atoms. The molecular formula is C15H29N2O. The van der Waals surface area contributed by atoms with Crippen LogP contribution in [0.15, 0.2) is 0 Å². The van der Waals surface area contributed by atoms with Crippen molar-refractivity contribution >= 4 is 0 Å². The summed E-state index contributed by atoms with van der Waals surface area (Å²) >= 11 is 0. The highest BCUT2D eigenvalue weighted by Crippen LogP contribution is 2.10. The number of piperidine rings is 1. The van der Waals surface area contributed by atoms with Crippen LogP contribution in [0.25, 0.3) is 0 Å². The van der Waals surface area contributed by atoms with E-state index in [0.29, 0.717) is 0 Å². The van der Waals surface area contributed by atoms with Crippen LogP contribution in [-0.4, -0.2) is 62.3 Å². The van der Waals surface area contributed by atoms with Crippen LogP contribution >= 0.6 is 0 Å². The second-order valence-electron chi connectivity index (χ2n) is 5.58. The lowest BCUT2D eigenvalue weighted by Gasteiger charge is -2.27. The summed E-state index contributed by atoms with van der Waals surface area (Å²) in [6, 6.07) is 0. The van der Waals surface area contributed by atoms with Crippen LogP contribution in [0.3, 0.4) is 0 Å². The van der Waals surface area contributed by atoms with Crippen LogP contribution in [0.1, 0.15) is 38.5 Å². The first-order valence-corrected chi connectivity index (χ1v) is 7.79. The second-order valence-corrected chi connectivity index (χ2v) is 5.58. The van der Waals surface area contributed by atoms with Crippen molar-refractivity contribution in [2.24, 2.45) is 0 Å².